The maximum absolute atomic E-state index is 13.7. The Hall–Kier alpha value is -3.18. The first-order chi connectivity index (χ1) is 14.0. The predicted octanol–water partition coefficient (Wildman–Crippen LogP) is 5.97. The second-order valence-electron chi connectivity index (χ2n) is 6.66. The molecule has 0 saturated heterocycles. The zero-order chi connectivity index (χ0) is 20.4. The lowest BCUT2D eigenvalue weighted by atomic mass is 9.92. The van der Waals surface area contributed by atoms with Crippen molar-refractivity contribution in [2.45, 2.75) is 6.04 Å². The summed E-state index contributed by atoms with van der Waals surface area (Å²) in [6, 6.07) is 23.9. The lowest BCUT2D eigenvalue weighted by Crippen LogP contribution is -2.30. The topological polar surface area (TPSA) is 49.3 Å². The van der Waals surface area contributed by atoms with Crippen molar-refractivity contribution in [1.82, 2.24) is 5.32 Å². The fourth-order valence-corrected chi connectivity index (χ4v) is 3.86. The molecule has 0 heterocycles. The summed E-state index contributed by atoms with van der Waals surface area (Å²) < 4.78 is 14.2. The van der Waals surface area contributed by atoms with E-state index in [1.807, 2.05) is 60.7 Å². The number of phenolic OH excluding ortho intramolecular Hbond substituents is 1. The molecule has 0 aliphatic carbocycles. The number of phenols is 1. The molecule has 1 amide bonds. The van der Waals surface area contributed by atoms with Gasteiger partial charge in [0.05, 0.1) is 11.6 Å². The molecule has 29 heavy (non-hydrogen) atoms. The summed E-state index contributed by atoms with van der Waals surface area (Å²) >= 11 is 3.31. The summed E-state index contributed by atoms with van der Waals surface area (Å²) in [5.74, 6) is -0.864. The van der Waals surface area contributed by atoms with E-state index in [0.717, 1.165) is 16.3 Å². The van der Waals surface area contributed by atoms with Crippen molar-refractivity contribution >= 4 is 32.6 Å². The van der Waals surface area contributed by atoms with Crippen LogP contribution in [0.3, 0.4) is 0 Å². The summed E-state index contributed by atoms with van der Waals surface area (Å²) in [4.78, 5) is 13.0. The molecular formula is C24H17BrFNO2. The van der Waals surface area contributed by atoms with Gasteiger partial charge in [0, 0.05) is 10.0 Å². The van der Waals surface area contributed by atoms with Gasteiger partial charge in [-0.3, -0.25) is 4.79 Å². The first-order valence-corrected chi connectivity index (χ1v) is 9.85. The van der Waals surface area contributed by atoms with Crippen LogP contribution in [0.2, 0.25) is 0 Å². The second-order valence-corrected chi connectivity index (χ2v) is 7.52. The van der Waals surface area contributed by atoms with Gasteiger partial charge < -0.3 is 10.4 Å². The Balaban J connectivity index is 1.85. The highest BCUT2D eigenvalue weighted by atomic mass is 79.9. The number of benzene rings is 4. The third kappa shape index (κ3) is 3.87. The van der Waals surface area contributed by atoms with Crippen LogP contribution in [0.25, 0.3) is 10.8 Å². The highest BCUT2D eigenvalue weighted by Gasteiger charge is 2.24. The summed E-state index contributed by atoms with van der Waals surface area (Å²) in [6.45, 7) is 0. The van der Waals surface area contributed by atoms with E-state index in [2.05, 4.69) is 21.2 Å². The number of halogens is 2. The molecule has 1 atom stereocenters. The molecule has 4 aromatic carbocycles. The Kier molecular flexibility index (Phi) is 5.32. The maximum atomic E-state index is 13.7. The largest absolute Gasteiger partial charge is 0.508 e. The number of rotatable bonds is 4. The fraction of sp³-hybridized carbons (Fsp3) is 0.0417. The highest BCUT2D eigenvalue weighted by Crippen LogP contribution is 2.36. The van der Waals surface area contributed by atoms with Gasteiger partial charge in [-0.15, -0.1) is 0 Å². The average Bonchev–Trinajstić information content (AvgIpc) is 2.74. The monoisotopic (exact) mass is 449 g/mol. The molecule has 144 valence electrons. The predicted molar refractivity (Wildman–Crippen MR) is 115 cm³/mol. The van der Waals surface area contributed by atoms with E-state index in [9.17, 15) is 14.3 Å². The Morgan fingerprint density at radius 1 is 0.931 bits per heavy atom. The number of carbonyl (C=O) groups excluding carboxylic acids is 1. The summed E-state index contributed by atoms with van der Waals surface area (Å²) in [6.07, 6.45) is 0. The average molecular weight is 450 g/mol. The van der Waals surface area contributed by atoms with Gasteiger partial charge in [-0.2, -0.15) is 0 Å². The van der Waals surface area contributed by atoms with Gasteiger partial charge >= 0.3 is 0 Å². The van der Waals surface area contributed by atoms with Crippen LogP contribution in [0, 0.1) is 5.82 Å². The standard InChI is InChI=1S/C24H17BrFNO2/c25-20-12-11-17(26)14-19(20)24(29)27-23(16-7-2-1-3-8-16)22-18-9-5-4-6-15(18)10-13-21(22)28/h1-14,23,28H,(H,27,29). The SMILES string of the molecule is O=C(NC(c1ccccc1)c1c(O)ccc2ccccc12)c1cc(F)ccc1Br. The lowest BCUT2D eigenvalue weighted by Gasteiger charge is -2.23. The van der Waals surface area contributed by atoms with Crippen LogP contribution in [-0.4, -0.2) is 11.0 Å². The zero-order valence-electron chi connectivity index (χ0n) is 15.3. The zero-order valence-corrected chi connectivity index (χ0v) is 16.9. The van der Waals surface area contributed by atoms with Crippen molar-refractivity contribution in [1.29, 1.82) is 0 Å². The number of nitrogens with one attached hydrogen (secondary N) is 1. The molecular weight excluding hydrogens is 433 g/mol. The minimum Gasteiger partial charge on any atom is -0.508 e. The molecule has 0 fully saturated rings. The number of hydrogen-bond acceptors (Lipinski definition) is 2. The fourth-order valence-electron chi connectivity index (χ4n) is 3.44. The van der Waals surface area contributed by atoms with E-state index >= 15 is 0 Å². The molecule has 1 unspecified atom stereocenters. The quantitative estimate of drug-likeness (QED) is 0.403. The van der Waals surface area contributed by atoms with Crippen molar-refractivity contribution in [2.75, 3.05) is 0 Å². The third-order valence-corrected chi connectivity index (χ3v) is 5.51. The van der Waals surface area contributed by atoms with Crippen molar-refractivity contribution in [3.05, 3.63) is 112 Å². The Morgan fingerprint density at radius 2 is 1.66 bits per heavy atom. The van der Waals surface area contributed by atoms with E-state index < -0.39 is 17.8 Å². The van der Waals surface area contributed by atoms with Crippen molar-refractivity contribution in [2.24, 2.45) is 0 Å². The molecule has 0 spiro atoms. The number of fused-ring (bicyclic) bond motifs is 1. The molecule has 0 aliphatic heterocycles. The van der Waals surface area contributed by atoms with E-state index in [1.54, 1.807) is 6.07 Å². The van der Waals surface area contributed by atoms with Crippen LogP contribution in [0.5, 0.6) is 5.75 Å². The molecule has 3 nitrogen and oxygen atoms in total. The summed E-state index contributed by atoms with van der Waals surface area (Å²) in [5.41, 5.74) is 1.58. The molecule has 0 aromatic heterocycles. The van der Waals surface area contributed by atoms with E-state index in [-0.39, 0.29) is 11.3 Å². The van der Waals surface area contributed by atoms with Crippen LogP contribution in [-0.2, 0) is 0 Å². The molecule has 0 radical (unpaired) electrons. The van der Waals surface area contributed by atoms with Gasteiger partial charge in [-0.1, -0.05) is 60.7 Å². The van der Waals surface area contributed by atoms with Crippen LogP contribution in [0.4, 0.5) is 4.39 Å². The van der Waals surface area contributed by atoms with Gasteiger partial charge in [0.25, 0.3) is 5.91 Å². The lowest BCUT2D eigenvalue weighted by molar-refractivity contribution is 0.0941. The highest BCUT2D eigenvalue weighted by molar-refractivity contribution is 9.10. The smallest absolute Gasteiger partial charge is 0.253 e. The summed E-state index contributed by atoms with van der Waals surface area (Å²) in [5, 5.41) is 15.5. The molecule has 2 N–H and O–H groups in total. The molecule has 0 saturated carbocycles. The molecule has 4 rings (SSSR count). The van der Waals surface area contributed by atoms with E-state index in [4.69, 9.17) is 0 Å². The molecule has 5 heteroatoms. The van der Waals surface area contributed by atoms with Crippen molar-refractivity contribution in [3.8, 4) is 5.75 Å². The Bertz CT molecular complexity index is 1190. The minimum atomic E-state index is -0.620. The van der Waals surface area contributed by atoms with Crippen LogP contribution < -0.4 is 5.32 Å². The van der Waals surface area contributed by atoms with Crippen LogP contribution in [0.15, 0.2) is 89.4 Å². The first-order valence-electron chi connectivity index (χ1n) is 9.06. The van der Waals surface area contributed by atoms with Crippen molar-refractivity contribution < 1.29 is 14.3 Å². The van der Waals surface area contributed by atoms with Gasteiger partial charge in [0.1, 0.15) is 11.6 Å². The maximum Gasteiger partial charge on any atom is 0.253 e. The normalized spacial score (nSPS) is 11.9. The molecule has 0 bridgehead atoms. The Morgan fingerprint density at radius 3 is 2.45 bits per heavy atom. The Labute approximate surface area is 175 Å². The first kappa shape index (κ1) is 19.2. The van der Waals surface area contributed by atoms with Gasteiger partial charge in [-0.25, -0.2) is 4.39 Å². The summed E-state index contributed by atoms with van der Waals surface area (Å²) in [7, 11) is 0. The number of hydrogen-bond donors (Lipinski definition) is 2. The van der Waals surface area contributed by atoms with Gasteiger partial charge in [0.15, 0.2) is 0 Å². The third-order valence-electron chi connectivity index (χ3n) is 4.82. The number of amides is 1. The van der Waals surface area contributed by atoms with Crippen LogP contribution >= 0.6 is 15.9 Å². The van der Waals surface area contributed by atoms with Crippen LogP contribution in [0.1, 0.15) is 27.5 Å². The van der Waals surface area contributed by atoms with Gasteiger partial charge in [-0.05, 0) is 56.5 Å². The number of aromatic hydroxyl groups is 1. The van der Waals surface area contributed by atoms with E-state index in [1.165, 1.54) is 18.2 Å². The minimum absolute atomic E-state index is 0.0798. The van der Waals surface area contributed by atoms with E-state index in [0.29, 0.717) is 10.0 Å². The van der Waals surface area contributed by atoms with Crippen molar-refractivity contribution in [3.63, 3.8) is 0 Å². The number of carbonyl (C=O) groups is 1. The second kappa shape index (κ2) is 8.05. The van der Waals surface area contributed by atoms with Gasteiger partial charge in [0.2, 0.25) is 0 Å². The molecule has 4 aromatic rings. The molecule has 0 aliphatic rings.